The van der Waals surface area contributed by atoms with Gasteiger partial charge in [0.15, 0.2) is 4.80 Å². The van der Waals surface area contributed by atoms with Crippen molar-refractivity contribution < 1.29 is 18.7 Å². The van der Waals surface area contributed by atoms with Gasteiger partial charge in [-0.2, -0.15) is 4.99 Å². The Hall–Kier alpha value is -2.32. The predicted molar refractivity (Wildman–Crippen MR) is 100 cm³/mol. The van der Waals surface area contributed by atoms with Crippen molar-refractivity contribution >= 4 is 49.4 Å². The van der Waals surface area contributed by atoms with Crippen molar-refractivity contribution in [1.82, 2.24) is 4.57 Å². The average Bonchev–Trinajstić information content (AvgIpc) is 2.91. The van der Waals surface area contributed by atoms with Crippen LogP contribution in [-0.4, -0.2) is 23.1 Å². The van der Waals surface area contributed by atoms with Gasteiger partial charge in [0.2, 0.25) is 0 Å². The molecule has 26 heavy (non-hydrogen) atoms. The maximum absolute atomic E-state index is 13.8. The van der Waals surface area contributed by atoms with Gasteiger partial charge < -0.3 is 9.30 Å². The summed E-state index contributed by atoms with van der Waals surface area (Å²) in [6.07, 6.45) is 0. The summed E-state index contributed by atoms with van der Waals surface area (Å²) >= 11 is 4.64. The lowest BCUT2D eigenvalue weighted by Gasteiger charge is -2.05. The maximum Gasteiger partial charge on any atom is 0.326 e. The van der Waals surface area contributed by atoms with Crippen LogP contribution in [0.2, 0.25) is 0 Å². The number of ether oxygens (including phenoxy) is 1. The molecule has 1 amide bonds. The highest BCUT2D eigenvalue weighted by atomic mass is 79.9. The fraction of sp³-hybridized carbons (Fsp3) is 0.167. The molecule has 0 unspecified atom stereocenters. The number of aromatic nitrogens is 1. The molecule has 3 aromatic rings. The van der Waals surface area contributed by atoms with Crippen LogP contribution in [0.1, 0.15) is 17.3 Å². The number of carbonyl (C=O) groups excluding carboxylic acids is 2. The van der Waals surface area contributed by atoms with E-state index in [0.29, 0.717) is 4.80 Å². The number of nitrogens with zero attached hydrogens (tertiary/aromatic N) is 2. The number of fused-ring (bicyclic) bond motifs is 1. The van der Waals surface area contributed by atoms with Crippen LogP contribution in [0, 0.1) is 5.82 Å². The molecule has 0 saturated heterocycles. The van der Waals surface area contributed by atoms with Gasteiger partial charge in [0.1, 0.15) is 12.4 Å². The molecule has 8 heteroatoms. The van der Waals surface area contributed by atoms with Crippen LogP contribution in [0.25, 0.3) is 10.2 Å². The summed E-state index contributed by atoms with van der Waals surface area (Å²) < 4.78 is 22.1. The zero-order valence-electron chi connectivity index (χ0n) is 13.7. The molecular weight excluding hydrogens is 423 g/mol. The number of thiazole rings is 1. The largest absolute Gasteiger partial charge is 0.465 e. The van der Waals surface area contributed by atoms with Crippen molar-refractivity contribution in [2.24, 2.45) is 4.99 Å². The summed E-state index contributed by atoms with van der Waals surface area (Å²) in [7, 11) is 0. The molecule has 0 radical (unpaired) electrons. The smallest absolute Gasteiger partial charge is 0.326 e. The third kappa shape index (κ3) is 3.91. The van der Waals surface area contributed by atoms with Gasteiger partial charge in [-0.15, -0.1) is 0 Å². The Morgan fingerprint density at radius 2 is 2.04 bits per heavy atom. The lowest BCUT2D eigenvalue weighted by Crippen LogP contribution is -2.23. The molecule has 1 heterocycles. The molecule has 0 aliphatic carbocycles. The normalized spacial score (nSPS) is 11.7. The molecule has 0 aliphatic rings. The number of hydrogen-bond acceptors (Lipinski definition) is 4. The van der Waals surface area contributed by atoms with E-state index >= 15 is 0 Å². The van der Waals surface area contributed by atoms with Gasteiger partial charge in [0, 0.05) is 4.47 Å². The van der Waals surface area contributed by atoms with Crippen LogP contribution < -0.4 is 4.80 Å². The second-order valence-electron chi connectivity index (χ2n) is 5.28. The molecule has 0 N–H and O–H groups in total. The summed E-state index contributed by atoms with van der Waals surface area (Å²) in [6.45, 7) is 1.89. The van der Waals surface area contributed by atoms with E-state index in [9.17, 15) is 14.0 Å². The van der Waals surface area contributed by atoms with Crippen molar-refractivity contribution in [3.8, 4) is 0 Å². The molecule has 3 rings (SSSR count). The molecule has 2 aromatic carbocycles. The zero-order chi connectivity index (χ0) is 18.7. The lowest BCUT2D eigenvalue weighted by atomic mass is 10.2. The Morgan fingerprint density at radius 3 is 2.77 bits per heavy atom. The second kappa shape index (κ2) is 7.92. The Morgan fingerprint density at radius 1 is 1.27 bits per heavy atom. The third-order valence-corrected chi connectivity index (χ3v) is 5.07. The summed E-state index contributed by atoms with van der Waals surface area (Å²) in [5.74, 6) is -1.77. The van der Waals surface area contributed by atoms with E-state index in [-0.39, 0.29) is 18.7 Å². The van der Waals surface area contributed by atoms with Gasteiger partial charge in [-0.25, -0.2) is 4.39 Å². The summed E-state index contributed by atoms with van der Waals surface area (Å²) in [6, 6.07) is 11.2. The van der Waals surface area contributed by atoms with Crippen LogP contribution in [0.4, 0.5) is 4.39 Å². The average molecular weight is 437 g/mol. The van der Waals surface area contributed by atoms with E-state index in [1.807, 2.05) is 18.2 Å². The first-order valence-electron chi connectivity index (χ1n) is 7.77. The fourth-order valence-corrected chi connectivity index (χ4v) is 3.98. The molecule has 134 valence electrons. The number of amides is 1. The molecule has 1 aromatic heterocycles. The van der Waals surface area contributed by atoms with Crippen molar-refractivity contribution in [1.29, 1.82) is 0 Å². The number of carbonyl (C=O) groups is 2. The van der Waals surface area contributed by atoms with Gasteiger partial charge in [-0.3, -0.25) is 9.59 Å². The van der Waals surface area contributed by atoms with Crippen LogP contribution in [0.3, 0.4) is 0 Å². The van der Waals surface area contributed by atoms with Crippen LogP contribution in [0.15, 0.2) is 51.9 Å². The Bertz CT molecular complexity index is 1060. The van der Waals surface area contributed by atoms with Gasteiger partial charge in [-0.1, -0.05) is 39.4 Å². The minimum absolute atomic E-state index is 0.0845. The van der Waals surface area contributed by atoms with E-state index in [4.69, 9.17) is 4.74 Å². The molecular formula is C18H14BrFN2O3S. The first kappa shape index (κ1) is 18.5. The lowest BCUT2D eigenvalue weighted by molar-refractivity contribution is -0.143. The highest BCUT2D eigenvalue weighted by molar-refractivity contribution is 9.10. The third-order valence-electron chi connectivity index (χ3n) is 3.54. The molecule has 0 saturated carbocycles. The minimum Gasteiger partial charge on any atom is -0.465 e. The topological polar surface area (TPSA) is 60.7 Å². The van der Waals surface area contributed by atoms with Crippen molar-refractivity contribution in [2.75, 3.05) is 6.61 Å². The van der Waals surface area contributed by atoms with Crippen molar-refractivity contribution in [2.45, 2.75) is 13.5 Å². The fourth-order valence-electron chi connectivity index (χ4n) is 2.40. The number of halogens is 2. The first-order valence-corrected chi connectivity index (χ1v) is 9.38. The summed E-state index contributed by atoms with van der Waals surface area (Å²) in [5, 5.41) is 0. The summed E-state index contributed by atoms with van der Waals surface area (Å²) in [5.41, 5.74) is 0.625. The van der Waals surface area contributed by atoms with E-state index in [2.05, 4.69) is 20.9 Å². The highest BCUT2D eigenvalue weighted by Crippen LogP contribution is 2.22. The number of hydrogen-bond donors (Lipinski definition) is 0. The molecule has 0 bridgehead atoms. The predicted octanol–water partition coefficient (Wildman–Crippen LogP) is 3.91. The molecule has 0 spiro atoms. The maximum atomic E-state index is 13.8. The van der Waals surface area contributed by atoms with Crippen LogP contribution >= 0.6 is 27.3 Å². The van der Waals surface area contributed by atoms with Gasteiger partial charge in [0.25, 0.3) is 5.91 Å². The molecule has 5 nitrogen and oxygen atoms in total. The number of esters is 1. The molecule has 0 atom stereocenters. The van der Waals surface area contributed by atoms with E-state index in [1.165, 1.54) is 29.5 Å². The van der Waals surface area contributed by atoms with Crippen molar-refractivity contribution in [3.63, 3.8) is 0 Å². The Balaban J connectivity index is 2.13. The van der Waals surface area contributed by atoms with Gasteiger partial charge >= 0.3 is 5.97 Å². The van der Waals surface area contributed by atoms with Crippen LogP contribution in [0.5, 0.6) is 0 Å². The van der Waals surface area contributed by atoms with E-state index in [1.54, 1.807) is 17.6 Å². The number of rotatable bonds is 4. The standard InChI is InChI=1S/C18H14BrFN2O3S/c1-2-25-16(23)10-22-14-8-7-11(19)9-15(14)26-18(22)21-17(24)12-5-3-4-6-13(12)20/h3-9H,2,10H2,1H3. The monoisotopic (exact) mass is 436 g/mol. The number of benzene rings is 2. The Labute approximate surface area is 160 Å². The Kier molecular flexibility index (Phi) is 5.63. The quantitative estimate of drug-likeness (QED) is 0.582. The molecule has 0 aliphatic heterocycles. The van der Waals surface area contributed by atoms with Gasteiger partial charge in [0.05, 0.1) is 22.4 Å². The first-order chi connectivity index (χ1) is 12.5. The zero-order valence-corrected chi connectivity index (χ0v) is 16.1. The van der Waals surface area contributed by atoms with Crippen LogP contribution in [-0.2, 0) is 16.1 Å². The SMILES string of the molecule is CCOC(=O)Cn1c(=NC(=O)c2ccccc2F)sc2cc(Br)ccc21. The molecule has 0 fully saturated rings. The van der Waals surface area contributed by atoms with Crippen molar-refractivity contribution in [3.05, 3.63) is 63.1 Å². The van der Waals surface area contributed by atoms with E-state index < -0.39 is 17.7 Å². The summed E-state index contributed by atoms with van der Waals surface area (Å²) in [4.78, 5) is 28.7. The minimum atomic E-state index is -0.702. The highest BCUT2D eigenvalue weighted by Gasteiger charge is 2.14. The van der Waals surface area contributed by atoms with E-state index in [0.717, 1.165) is 14.7 Å². The van der Waals surface area contributed by atoms with Gasteiger partial charge in [-0.05, 0) is 37.3 Å². The second-order valence-corrected chi connectivity index (χ2v) is 7.21.